The molecule has 0 amide bonds. The highest BCUT2D eigenvalue weighted by atomic mass is 32.1. The molecule has 106 valence electrons. The molecule has 20 heavy (non-hydrogen) atoms. The van der Waals surface area contributed by atoms with Crippen LogP contribution < -0.4 is 10.6 Å². The standard InChI is InChI=1S/C7H12N2S.C7H5NS2/c10-7-8-5-3-1-2-4-6(5)9-7;9-7-8-5-3-1-2-4-6(5)10-7/h5-6H,1-4H2,(H2,8,9,10);1-4H,(H,8,9). The van der Waals surface area contributed by atoms with Crippen LogP contribution in [0, 0.1) is 3.95 Å². The molecule has 3 N–H and O–H groups in total. The Bertz CT molecular complexity index is 609. The lowest BCUT2D eigenvalue weighted by Gasteiger charge is -2.23. The molecular weight excluding hydrogens is 306 g/mol. The van der Waals surface area contributed by atoms with Crippen molar-refractivity contribution in [3.05, 3.63) is 28.2 Å². The highest BCUT2D eigenvalue weighted by Crippen LogP contribution is 2.21. The van der Waals surface area contributed by atoms with Gasteiger partial charge in [0, 0.05) is 12.1 Å². The second-order valence-electron chi connectivity index (χ2n) is 5.13. The van der Waals surface area contributed by atoms with Gasteiger partial charge >= 0.3 is 0 Å². The molecule has 1 aliphatic carbocycles. The lowest BCUT2D eigenvalue weighted by atomic mass is 9.92. The monoisotopic (exact) mass is 323 g/mol. The summed E-state index contributed by atoms with van der Waals surface area (Å²) in [5, 5.41) is 7.41. The maximum atomic E-state index is 5.01. The first-order chi connectivity index (χ1) is 9.72. The van der Waals surface area contributed by atoms with Gasteiger partial charge in [0.15, 0.2) is 9.07 Å². The molecule has 2 aromatic rings. The zero-order valence-corrected chi connectivity index (χ0v) is 13.5. The summed E-state index contributed by atoms with van der Waals surface area (Å²) in [5.41, 5.74) is 1.14. The lowest BCUT2D eigenvalue weighted by molar-refractivity contribution is 0.374. The van der Waals surface area contributed by atoms with Crippen molar-refractivity contribution in [1.29, 1.82) is 0 Å². The van der Waals surface area contributed by atoms with Gasteiger partial charge in [-0.3, -0.25) is 0 Å². The Morgan fingerprint density at radius 3 is 2.30 bits per heavy atom. The average molecular weight is 324 g/mol. The van der Waals surface area contributed by atoms with Crippen LogP contribution >= 0.6 is 35.8 Å². The van der Waals surface area contributed by atoms with Gasteiger partial charge in [-0.05, 0) is 49.4 Å². The molecule has 0 bridgehead atoms. The number of aromatic nitrogens is 1. The molecule has 2 atom stereocenters. The van der Waals surface area contributed by atoms with Crippen molar-refractivity contribution in [3.63, 3.8) is 0 Å². The summed E-state index contributed by atoms with van der Waals surface area (Å²) >= 11 is 11.6. The SMILES string of the molecule is S=C1NC2CCCCC2N1.S=c1[nH]c2ccccc2s1. The quantitative estimate of drug-likeness (QED) is 0.646. The summed E-state index contributed by atoms with van der Waals surface area (Å²) in [5.74, 6) is 0. The van der Waals surface area contributed by atoms with E-state index >= 15 is 0 Å². The second kappa shape index (κ2) is 6.20. The van der Waals surface area contributed by atoms with Gasteiger partial charge in [0.05, 0.1) is 10.2 Å². The fourth-order valence-corrected chi connectivity index (χ4v) is 4.17. The molecule has 2 fully saturated rings. The molecule has 3 nitrogen and oxygen atoms in total. The number of benzene rings is 1. The van der Waals surface area contributed by atoms with Gasteiger partial charge < -0.3 is 15.6 Å². The smallest absolute Gasteiger partial charge is 0.166 e. The Hall–Kier alpha value is -0.980. The summed E-state index contributed by atoms with van der Waals surface area (Å²) < 4.78 is 2.08. The number of H-pyrrole nitrogens is 1. The second-order valence-corrected chi connectivity index (χ2v) is 7.25. The fourth-order valence-electron chi connectivity index (χ4n) is 2.75. The summed E-state index contributed by atoms with van der Waals surface area (Å²) in [6.45, 7) is 0. The normalized spacial score (nSPS) is 24.3. The predicted octanol–water partition coefficient (Wildman–Crippen LogP) is 3.73. The van der Waals surface area contributed by atoms with Crippen LogP contribution in [-0.2, 0) is 0 Å². The summed E-state index contributed by atoms with van der Waals surface area (Å²) in [4.78, 5) is 3.09. The van der Waals surface area contributed by atoms with Gasteiger partial charge in [0.1, 0.15) is 0 Å². The van der Waals surface area contributed by atoms with Crippen LogP contribution in [0.3, 0.4) is 0 Å². The largest absolute Gasteiger partial charge is 0.358 e. The van der Waals surface area contributed by atoms with E-state index in [-0.39, 0.29) is 0 Å². The van der Waals surface area contributed by atoms with E-state index in [2.05, 4.69) is 21.7 Å². The summed E-state index contributed by atoms with van der Waals surface area (Å²) in [6, 6.07) is 9.39. The Kier molecular flexibility index (Phi) is 4.33. The molecule has 1 saturated carbocycles. The Morgan fingerprint density at radius 2 is 1.65 bits per heavy atom. The molecule has 2 aliphatic rings. The van der Waals surface area contributed by atoms with Crippen LogP contribution in [0.4, 0.5) is 0 Å². The fraction of sp³-hybridized carbons (Fsp3) is 0.429. The van der Waals surface area contributed by atoms with E-state index in [1.807, 2.05) is 18.2 Å². The number of thiocarbonyl (C=S) groups is 1. The van der Waals surface area contributed by atoms with Crippen molar-refractivity contribution < 1.29 is 0 Å². The Labute approximate surface area is 132 Å². The number of fused-ring (bicyclic) bond motifs is 2. The van der Waals surface area contributed by atoms with E-state index in [0.29, 0.717) is 12.1 Å². The van der Waals surface area contributed by atoms with Crippen molar-refractivity contribution in [2.24, 2.45) is 0 Å². The molecule has 6 heteroatoms. The highest BCUT2D eigenvalue weighted by molar-refractivity contribution is 7.80. The maximum absolute atomic E-state index is 5.01. The molecule has 0 radical (unpaired) electrons. The van der Waals surface area contributed by atoms with Crippen LogP contribution in [0.15, 0.2) is 24.3 Å². The van der Waals surface area contributed by atoms with Crippen molar-refractivity contribution >= 4 is 51.1 Å². The third-order valence-corrected chi connectivity index (χ3v) is 5.18. The van der Waals surface area contributed by atoms with Gasteiger partial charge in [-0.1, -0.05) is 25.0 Å². The summed E-state index contributed by atoms with van der Waals surface area (Å²) in [6.07, 6.45) is 5.30. The first-order valence-corrected chi connectivity index (χ1v) is 8.50. The van der Waals surface area contributed by atoms with Crippen LogP contribution in [0.1, 0.15) is 25.7 Å². The topological polar surface area (TPSA) is 39.8 Å². The Morgan fingerprint density at radius 1 is 1.00 bits per heavy atom. The van der Waals surface area contributed by atoms with E-state index in [1.54, 1.807) is 11.3 Å². The molecule has 2 unspecified atom stereocenters. The van der Waals surface area contributed by atoms with E-state index in [0.717, 1.165) is 14.6 Å². The Balaban J connectivity index is 0.000000121. The zero-order valence-electron chi connectivity index (χ0n) is 11.0. The van der Waals surface area contributed by atoms with Gasteiger partial charge in [0.2, 0.25) is 0 Å². The third kappa shape index (κ3) is 3.19. The van der Waals surface area contributed by atoms with Gasteiger partial charge in [0.25, 0.3) is 0 Å². The third-order valence-electron chi connectivity index (χ3n) is 3.73. The van der Waals surface area contributed by atoms with Crippen molar-refractivity contribution in [2.45, 2.75) is 37.8 Å². The molecule has 2 heterocycles. The summed E-state index contributed by atoms with van der Waals surface area (Å²) in [7, 11) is 0. The molecule has 1 saturated heterocycles. The number of hydrogen-bond acceptors (Lipinski definition) is 3. The number of aromatic amines is 1. The number of thiazole rings is 1. The van der Waals surface area contributed by atoms with E-state index in [9.17, 15) is 0 Å². The minimum absolute atomic E-state index is 0.640. The van der Waals surface area contributed by atoms with E-state index < -0.39 is 0 Å². The van der Waals surface area contributed by atoms with Crippen LogP contribution in [-0.4, -0.2) is 22.2 Å². The number of para-hydroxylation sites is 1. The van der Waals surface area contributed by atoms with Crippen molar-refractivity contribution in [3.8, 4) is 0 Å². The highest BCUT2D eigenvalue weighted by Gasteiger charge is 2.30. The average Bonchev–Trinajstić information content (AvgIpc) is 2.99. The zero-order chi connectivity index (χ0) is 13.9. The van der Waals surface area contributed by atoms with E-state index in [4.69, 9.17) is 24.4 Å². The van der Waals surface area contributed by atoms with Gasteiger partial charge in [-0.25, -0.2) is 0 Å². The first kappa shape index (κ1) is 14.0. The van der Waals surface area contributed by atoms with Gasteiger partial charge in [-0.15, -0.1) is 11.3 Å². The molecule has 1 aromatic carbocycles. The lowest BCUT2D eigenvalue weighted by Crippen LogP contribution is -2.36. The minimum Gasteiger partial charge on any atom is -0.358 e. The first-order valence-electron chi connectivity index (χ1n) is 6.87. The number of rotatable bonds is 0. The van der Waals surface area contributed by atoms with Gasteiger partial charge in [-0.2, -0.15) is 0 Å². The van der Waals surface area contributed by atoms with Crippen molar-refractivity contribution in [1.82, 2.24) is 15.6 Å². The van der Waals surface area contributed by atoms with Crippen LogP contribution in [0.25, 0.3) is 10.2 Å². The molecule has 0 spiro atoms. The number of hydrogen-bond donors (Lipinski definition) is 3. The predicted molar refractivity (Wildman–Crippen MR) is 91.9 cm³/mol. The molecule has 1 aliphatic heterocycles. The maximum Gasteiger partial charge on any atom is 0.166 e. The van der Waals surface area contributed by atoms with Crippen molar-refractivity contribution in [2.75, 3.05) is 0 Å². The minimum atomic E-state index is 0.640. The molecular formula is C14H17N3S3. The van der Waals surface area contributed by atoms with Crippen LogP contribution in [0.2, 0.25) is 0 Å². The molecule has 1 aromatic heterocycles. The van der Waals surface area contributed by atoms with Crippen LogP contribution in [0.5, 0.6) is 0 Å². The van der Waals surface area contributed by atoms with E-state index in [1.165, 1.54) is 30.4 Å². The number of nitrogens with one attached hydrogen (secondary N) is 3. The molecule has 4 rings (SSSR count).